The number of carbonyl (C=O) groups excluding carboxylic acids is 1. The molecular formula is C12H11ClN6O3. The Balaban J connectivity index is 2.17. The lowest BCUT2D eigenvalue weighted by Gasteiger charge is -2.12. The number of azide groups is 1. The molecule has 10 heteroatoms. The second-order valence-corrected chi connectivity index (χ2v) is 4.62. The largest absolute Gasteiger partial charge is 0.436 e. The van der Waals surface area contributed by atoms with Crippen molar-refractivity contribution in [2.75, 3.05) is 0 Å². The fourth-order valence-electron chi connectivity index (χ4n) is 1.71. The maximum Gasteiger partial charge on any atom is 0.405 e. The van der Waals surface area contributed by atoms with E-state index in [-0.39, 0.29) is 24.7 Å². The molecule has 0 radical (unpaired) electrons. The van der Waals surface area contributed by atoms with Crippen LogP contribution in [0.4, 0.5) is 4.79 Å². The second kappa shape index (κ2) is 7.30. The molecule has 0 bridgehead atoms. The van der Waals surface area contributed by atoms with Crippen LogP contribution in [0.25, 0.3) is 10.4 Å². The van der Waals surface area contributed by atoms with Crippen LogP contribution >= 0.6 is 11.6 Å². The summed E-state index contributed by atoms with van der Waals surface area (Å²) in [5, 5.41) is 11.4. The molecule has 0 aliphatic rings. The second-order valence-electron chi connectivity index (χ2n) is 4.18. The van der Waals surface area contributed by atoms with Crippen LogP contribution < -0.4 is 5.73 Å². The summed E-state index contributed by atoms with van der Waals surface area (Å²) in [6, 6.07) is 6.96. The first-order valence-electron chi connectivity index (χ1n) is 6.12. The van der Waals surface area contributed by atoms with Crippen LogP contribution in [0, 0.1) is 0 Å². The van der Waals surface area contributed by atoms with Gasteiger partial charge in [-0.2, -0.15) is 0 Å². The number of halogens is 1. The van der Waals surface area contributed by atoms with E-state index in [0.717, 1.165) is 5.56 Å². The lowest BCUT2D eigenvalue weighted by Crippen LogP contribution is -2.19. The van der Waals surface area contributed by atoms with Crippen molar-refractivity contribution < 1.29 is 13.9 Å². The highest BCUT2D eigenvalue weighted by molar-refractivity contribution is 6.30. The summed E-state index contributed by atoms with van der Waals surface area (Å²) >= 11 is 5.82. The Morgan fingerprint density at radius 3 is 2.82 bits per heavy atom. The van der Waals surface area contributed by atoms with Crippen molar-refractivity contribution in [3.05, 3.63) is 57.1 Å². The minimum Gasteiger partial charge on any atom is -0.436 e. The number of hydrogen-bond donors (Lipinski definition) is 1. The number of carbonyl (C=O) groups is 1. The van der Waals surface area contributed by atoms with Gasteiger partial charge in [0.15, 0.2) is 6.10 Å². The van der Waals surface area contributed by atoms with E-state index in [9.17, 15) is 4.79 Å². The third-order valence-corrected chi connectivity index (χ3v) is 2.87. The summed E-state index contributed by atoms with van der Waals surface area (Å²) in [5.41, 5.74) is 14.1. The number of aromatic nitrogens is 2. The molecule has 1 amide bonds. The van der Waals surface area contributed by atoms with Crippen LogP contribution in [0.3, 0.4) is 0 Å². The Labute approximate surface area is 129 Å². The standard InChI is InChI=1S/C12H11ClN6O3/c13-8-3-1-7(2-4-8)5-9(21-12(14)20)11-18-17-10(22-11)6-16-19-15/h1-4,9H,5-6H2,(H2,14,20)/t9-/m0/s1. The molecule has 0 saturated heterocycles. The zero-order valence-electron chi connectivity index (χ0n) is 11.2. The van der Waals surface area contributed by atoms with Gasteiger partial charge in [0.2, 0.25) is 5.89 Å². The van der Waals surface area contributed by atoms with Crippen LogP contribution in [-0.4, -0.2) is 16.3 Å². The van der Waals surface area contributed by atoms with Crippen molar-refractivity contribution in [2.24, 2.45) is 10.8 Å². The number of ether oxygens (including phenoxy) is 1. The number of amides is 1. The minimum absolute atomic E-state index is 0.0666. The van der Waals surface area contributed by atoms with Gasteiger partial charge in [-0.25, -0.2) is 4.79 Å². The third-order valence-electron chi connectivity index (χ3n) is 2.62. The molecule has 0 aliphatic heterocycles. The van der Waals surface area contributed by atoms with Crippen LogP contribution in [0.2, 0.25) is 5.02 Å². The fraction of sp³-hybridized carbons (Fsp3) is 0.250. The molecule has 0 unspecified atom stereocenters. The van der Waals surface area contributed by atoms with Gasteiger partial charge in [-0.15, -0.1) is 10.2 Å². The first-order chi connectivity index (χ1) is 10.6. The van der Waals surface area contributed by atoms with E-state index in [1.807, 2.05) is 0 Å². The van der Waals surface area contributed by atoms with Crippen LogP contribution in [-0.2, 0) is 17.7 Å². The van der Waals surface area contributed by atoms with E-state index in [1.165, 1.54) is 0 Å². The number of nitrogens with two attached hydrogens (primary N) is 1. The Morgan fingerprint density at radius 2 is 2.18 bits per heavy atom. The molecule has 22 heavy (non-hydrogen) atoms. The molecule has 0 aliphatic carbocycles. The van der Waals surface area contributed by atoms with E-state index < -0.39 is 12.2 Å². The molecule has 0 saturated carbocycles. The predicted molar refractivity (Wildman–Crippen MR) is 75.7 cm³/mol. The van der Waals surface area contributed by atoms with Crippen molar-refractivity contribution in [2.45, 2.75) is 19.1 Å². The summed E-state index contributed by atoms with van der Waals surface area (Å²) in [5.74, 6) is 0.180. The summed E-state index contributed by atoms with van der Waals surface area (Å²) in [6.45, 7) is -0.0895. The average Bonchev–Trinajstić information content (AvgIpc) is 2.95. The number of nitrogens with zero attached hydrogens (tertiary/aromatic N) is 5. The molecule has 2 N–H and O–H groups in total. The van der Waals surface area contributed by atoms with Gasteiger partial charge in [0, 0.05) is 16.4 Å². The minimum atomic E-state index is -0.964. The number of primary amides is 1. The molecule has 2 rings (SSSR count). The first-order valence-corrected chi connectivity index (χ1v) is 6.50. The molecule has 2 aromatic rings. The van der Waals surface area contributed by atoms with E-state index in [2.05, 4.69) is 20.2 Å². The van der Waals surface area contributed by atoms with Crippen molar-refractivity contribution in [1.82, 2.24) is 10.2 Å². The van der Waals surface area contributed by atoms with Crippen molar-refractivity contribution >= 4 is 17.7 Å². The van der Waals surface area contributed by atoms with Crippen LogP contribution in [0.15, 0.2) is 33.8 Å². The molecule has 9 nitrogen and oxygen atoms in total. The van der Waals surface area contributed by atoms with Crippen molar-refractivity contribution in [3.8, 4) is 0 Å². The maximum atomic E-state index is 11.0. The van der Waals surface area contributed by atoms with Crippen LogP contribution in [0.5, 0.6) is 0 Å². The number of rotatable bonds is 6. The van der Waals surface area contributed by atoms with Gasteiger partial charge >= 0.3 is 6.09 Å². The summed E-state index contributed by atoms with van der Waals surface area (Å²) in [4.78, 5) is 13.6. The maximum absolute atomic E-state index is 11.0. The van der Waals surface area contributed by atoms with E-state index in [4.69, 9.17) is 32.0 Å². The van der Waals surface area contributed by atoms with Gasteiger partial charge in [-0.1, -0.05) is 28.8 Å². The Morgan fingerprint density at radius 1 is 1.45 bits per heavy atom. The topological polar surface area (TPSA) is 140 Å². The van der Waals surface area contributed by atoms with Gasteiger partial charge in [-0.3, -0.25) is 0 Å². The Kier molecular flexibility index (Phi) is 5.18. The highest BCUT2D eigenvalue weighted by Crippen LogP contribution is 2.22. The van der Waals surface area contributed by atoms with Gasteiger partial charge in [0.25, 0.3) is 5.89 Å². The SMILES string of the molecule is [N-]=[N+]=NCc1nnc([C@H](Cc2ccc(Cl)cc2)OC(N)=O)o1. The molecule has 1 heterocycles. The van der Waals surface area contributed by atoms with E-state index in [0.29, 0.717) is 5.02 Å². The summed E-state index contributed by atoms with van der Waals surface area (Å²) in [6.07, 6.45) is -1.52. The number of benzene rings is 1. The fourth-order valence-corrected chi connectivity index (χ4v) is 1.83. The van der Waals surface area contributed by atoms with Crippen molar-refractivity contribution in [3.63, 3.8) is 0 Å². The lowest BCUT2D eigenvalue weighted by molar-refractivity contribution is 0.0886. The third kappa shape index (κ3) is 4.37. The summed E-state index contributed by atoms with van der Waals surface area (Å²) in [7, 11) is 0. The zero-order chi connectivity index (χ0) is 15.9. The summed E-state index contributed by atoms with van der Waals surface area (Å²) < 4.78 is 10.3. The Hall–Kier alpha value is -2.77. The van der Waals surface area contributed by atoms with Gasteiger partial charge in [-0.05, 0) is 23.2 Å². The van der Waals surface area contributed by atoms with E-state index in [1.54, 1.807) is 24.3 Å². The lowest BCUT2D eigenvalue weighted by atomic mass is 10.1. The van der Waals surface area contributed by atoms with E-state index >= 15 is 0 Å². The molecule has 1 atom stereocenters. The van der Waals surface area contributed by atoms with Gasteiger partial charge < -0.3 is 14.9 Å². The average molecular weight is 323 g/mol. The molecule has 1 aromatic carbocycles. The Bertz CT molecular complexity index is 695. The molecule has 114 valence electrons. The van der Waals surface area contributed by atoms with Crippen molar-refractivity contribution in [1.29, 1.82) is 0 Å². The molecular weight excluding hydrogens is 312 g/mol. The monoisotopic (exact) mass is 322 g/mol. The first kappa shape index (κ1) is 15.6. The zero-order valence-corrected chi connectivity index (χ0v) is 12.0. The molecule has 0 fully saturated rings. The quantitative estimate of drug-likeness (QED) is 0.494. The molecule has 1 aromatic heterocycles. The highest BCUT2D eigenvalue weighted by atomic mass is 35.5. The normalized spacial score (nSPS) is 11.5. The predicted octanol–water partition coefficient (Wildman–Crippen LogP) is 2.91. The number of hydrogen-bond acceptors (Lipinski definition) is 6. The highest BCUT2D eigenvalue weighted by Gasteiger charge is 2.22. The molecule has 0 spiro atoms. The smallest absolute Gasteiger partial charge is 0.405 e. The van der Waals surface area contributed by atoms with Gasteiger partial charge in [0.05, 0.1) is 0 Å². The van der Waals surface area contributed by atoms with Crippen LogP contribution in [0.1, 0.15) is 23.4 Å². The van der Waals surface area contributed by atoms with Gasteiger partial charge in [0.1, 0.15) is 6.54 Å².